The number of ether oxygens (including phenoxy) is 1. The molecule has 3 rings (SSSR count). The average Bonchev–Trinajstić information content (AvgIpc) is 2.91. The molecule has 0 unspecified atom stereocenters. The molecule has 25 heavy (non-hydrogen) atoms. The minimum absolute atomic E-state index is 0.546. The molecule has 1 aliphatic rings. The van der Waals surface area contributed by atoms with Crippen LogP contribution in [0.2, 0.25) is 0 Å². The van der Waals surface area contributed by atoms with E-state index in [-0.39, 0.29) is 0 Å². The number of rotatable bonds is 7. The molecule has 0 bridgehead atoms. The molecular weight excluding hydrogens is 312 g/mol. The molecule has 2 aromatic rings. The standard InChI is InChI=1S/C20H28N4O/c1-25-18-10-8-16(9-11-18)12-14-21-20-22-15-13-19(24-20)23-17-6-4-2-3-5-7-17/h8-11,13,15,17H,2-7,12,14H2,1H3,(H2,21,22,23,24). The molecule has 1 fully saturated rings. The van der Waals surface area contributed by atoms with Gasteiger partial charge in [-0.15, -0.1) is 0 Å². The van der Waals surface area contributed by atoms with Gasteiger partial charge in [-0.2, -0.15) is 4.98 Å². The van der Waals surface area contributed by atoms with Gasteiger partial charge >= 0.3 is 0 Å². The van der Waals surface area contributed by atoms with E-state index < -0.39 is 0 Å². The molecular formula is C20H28N4O. The SMILES string of the molecule is COc1ccc(CCNc2nccc(NC3CCCCCC3)n2)cc1. The summed E-state index contributed by atoms with van der Waals surface area (Å²) in [5.41, 5.74) is 1.26. The number of benzene rings is 1. The van der Waals surface area contributed by atoms with Gasteiger partial charge in [0.15, 0.2) is 0 Å². The van der Waals surface area contributed by atoms with Gasteiger partial charge in [0, 0.05) is 18.8 Å². The first-order valence-electron chi connectivity index (χ1n) is 9.30. The van der Waals surface area contributed by atoms with E-state index in [2.05, 4.69) is 32.7 Å². The summed E-state index contributed by atoms with van der Waals surface area (Å²) in [5, 5.41) is 6.90. The third kappa shape index (κ3) is 5.62. The Kier molecular flexibility index (Phi) is 6.48. The second-order valence-corrected chi connectivity index (χ2v) is 6.62. The highest BCUT2D eigenvalue weighted by Gasteiger charge is 2.12. The minimum atomic E-state index is 0.546. The van der Waals surface area contributed by atoms with Crippen LogP contribution in [0.3, 0.4) is 0 Å². The van der Waals surface area contributed by atoms with Crippen molar-refractivity contribution in [1.82, 2.24) is 9.97 Å². The monoisotopic (exact) mass is 340 g/mol. The first-order chi connectivity index (χ1) is 12.3. The highest BCUT2D eigenvalue weighted by molar-refractivity contribution is 5.40. The number of hydrogen-bond donors (Lipinski definition) is 2. The van der Waals surface area contributed by atoms with E-state index in [9.17, 15) is 0 Å². The molecule has 0 atom stereocenters. The van der Waals surface area contributed by atoms with Gasteiger partial charge in [0.05, 0.1) is 7.11 Å². The molecule has 5 heteroatoms. The van der Waals surface area contributed by atoms with E-state index in [4.69, 9.17) is 4.74 Å². The van der Waals surface area contributed by atoms with Gasteiger partial charge in [0.2, 0.25) is 5.95 Å². The van der Waals surface area contributed by atoms with Gasteiger partial charge in [-0.25, -0.2) is 4.98 Å². The number of methoxy groups -OCH3 is 1. The number of nitrogens with one attached hydrogen (secondary N) is 2. The van der Waals surface area contributed by atoms with Gasteiger partial charge in [-0.3, -0.25) is 0 Å². The van der Waals surface area contributed by atoms with Crippen molar-refractivity contribution >= 4 is 11.8 Å². The fourth-order valence-corrected chi connectivity index (χ4v) is 3.27. The number of hydrogen-bond acceptors (Lipinski definition) is 5. The van der Waals surface area contributed by atoms with Crippen LogP contribution >= 0.6 is 0 Å². The van der Waals surface area contributed by atoms with E-state index >= 15 is 0 Å². The van der Waals surface area contributed by atoms with Crippen molar-refractivity contribution in [2.75, 3.05) is 24.3 Å². The lowest BCUT2D eigenvalue weighted by molar-refractivity contribution is 0.414. The first kappa shape index (κ1) is 17.5. The molecule has 1 aromatic carbocycles. The lowest BCUT2D eigenvalue weighted by Gasteiger charge is -2.17. The summed E-state index contributed by atoms with van der Waals surface area (Å²) < 4.78 is 5.18. The van der Waals surface area contributed by atoms with Gasteiger partial charge in [0.25, 0.3) is 0 Å². The Morgan fingerprint density at radius 1 is 1.04 bits per heavy atom. The van der Waals surface area contributed by atoms with E-state index in [1.165, 1.54) is 44.1 Å². The molecule has 134 valence electrons. The number of anilines is 2. The third-order valence-electron chi connectivity index (χ3n) is 4.72. The van der Waals surface area contributed by atoms with E-state index in [0.29, 0.717) is 12.0 Å². The largest absolute Gasteiger partial charge is 0.497 e. The lowest BCUT2D eigenvalue weighted by atomic mass is 10.1. The summed E-state index contributed by atoms with van der Waals surface area (Å²) in [6, 6.07) is 10.7. The molecule has 2 N–H and O–H groups in total. The molecule has 1 heterocycles. The molecule has 0 amide bonds. The Bertz CT molecular complexity index is 636. The molecule has 1 aromatic heterocycles. The highest BCUT2D eigenvalue weighted by atomic mass is 16.5. The summed E-state index contributed by atoms with van der Waals surface area (Å²) >= 11 is 0. The highest BCUT2D eigenvalue weighted by Crippen LogP contribution is 2.20. The molecule has 5 nitrogen and oxygen atoms in total. The van der Waals surface area contributed by atoms with Crippen molar-refractivity contribution in [3.8, 4) is 5.75 Å². The maximum Gasteiger partial charge on any atom is 0.224 e. The van der Waals surface area contributed by atoms with Crippen molar-refractivity contribution in [3.63, 3.8) is 0 Å². The van der Waals surface area contributed by atoms with Gasteiger partial charge in [-0.05, 0) is 43.0 Å². The molecule has 0 aliphatic heterocycles. The van der Waals surface area contributed by atoms with Crippen LogP contribution in [0.4, 0.5) is 11.8 Å². The van der Waals surface area contributed by atoms with Crippen LogP contribution in [0.15, 0.2) is 36.5 Å². The predicted molar refractivity (Wildman–Crippen MR) is 102 cm³/mol. The quantitative estimate of drug-likeness (QED) is 0.737. The summed E-state index contributed by atoms with van der Waals surface area (Å²) in [6.45, 7) is 0.805. The maximum absolute atomic E-state index is 5.18. The summed E-state index contributed by atoms with van der Waals surface area (Å²) in [5.74, 6) is 2.50. The Morgan fingerprint density at radius 2 is 1.80 bits per heavy atom. The van der Waals surface area contributed by atoms with Gasteiger partial charge in [0.1, 0.15) is 11.6 Å². The Balaban J connectivity index is 1.48. The van der Waals surface area contributed by atoms with E-state index in [0.717, 1.165) is 24.5 Å². The number of aromatic nitrogens is 2. The molecule has 1 aliphatic carbocycles. The van der Waals surface area contributed by atoms with Crippen LogP contribution in [0.25, 0.3) is 0 Å². The zero-order valence-corrected chi connectivity index (χ0v) is 15.0. The smallest absolute Gasteiger partial charge is 0.224 e. The van der Waals surface area contributed by atoms with Crippen molar-refractivity contribution in [3.05, 3.63) is 42.1 Å². The maximum atomic E-state index is 5.18. The fraction of sp³-hybridized carbons (Fsp3) is 0.500. The summed E-state index contributed by atoms with van der Waals surface area (Å²) in [6.07, 6.45) is 10.6. The average molecular weight is 340 g/mol. The Labute approximate surface area is 150 Å². The summed E-state index contributed by atoms with van der Waals surface area (Å²) in [7, 11) is 1.68. The Morgan fingerprint density at radius 3 is 2.52 bits per heavy atom. The van der Waals surface area contributed by atoms with Gasteiger partial charge < -0.3 is 15.4 Å². The van der Waals surface area contributed by atoms with Crippen LogP contribution in [0, 0.1) is 0 Å². The zero-order valence-electron chi connectivity index (χ0n) is 15.0. The van der Waals surface area contributed by atoms with Gasteiger partial charge in [-0.1, -0.05) is 37.8 Å². The van der Waals surface area contributed by atoms with Crippen LogP contribution in [0.5, 0.6) is 5.75 Å². The second-order valence-electron chi connectivity index (χ2n) is 6.62. The number of nitrogens with zero attached hydrogens (tertiary/aromatic N) is 2. The van der Waals surface area contributed by atoms with Crippen molar-refractivity contribution in [1.29, 1.82) is 0 Å². The second kappa shape index (κ2) is 9.25. The molecule has 1 saturated carbocycles. The molecule has 0 spiro atoms. The zero-order chi connectivity index (χ0) is 17.3. The van der Waals surface area contributed by atoms with Crippen LogP contribution in [-0.2, 0) is 6.42 Å². The van der Waals surface area contributed by atoms with Crippen molar-refractivity contribution < 1.29 is 4.74 Å². The van der Waals surface area contributed by atoms with Crippen LogP contribution in [0.1, 0.15) is 44.1 Å². The summed E-state index contributed by atoms with van der Waals surface area (Å²) in [4.78, 5) is 8.93. The topological polar surface area (TPSA) is 59.1 Å². The van der Waals surface area contributed by atoms with Crippen LogP contribution < -0.4 is 15.4 Å². The van der Waals surface area contributed by atoms with Crippen molar-refractivity contribution in [2.24, 2.45) is 0 Å². The third-order valence-corrected chi connectivity index (χ3v) is 4.72. The first-order valence-corrected chi connectivity index (χ1v) is 9.30. The molecule has 0 radical (unpaired) electrons. The predicted octanol–water partition coefficient (Wildman–Crippen LogP) is 4.27. The fourth-order valence-electron chi connectivity index (χ4n) is 3.27. The minimum Gasteiger partial charge on any atom is -0.497 e. The normalized spacial score (nSPS) is 15.4. The Hall–Kier alpha value is -2.30. The van der Waals surface area contributed by atoms with E-state index in [1.54, 1.807) is 7.11 Å². The van der Waals surface area contributed by atoms with E-state index in [1.807, 2.05) is 24.4 Å². The van der Waals surface area contributed by atoms with Crippen LogP contribution in [-0.4, -0.2) is 29.7 Å². The molecule has 0 saturated heterocycles. The van der Waals surface area contributed by atoms with Crippen molar-refractivity contribution in [2.45, 2.75) is 51.0 Å². The lowest BCUT2D eigenvalue weighted by Crippen LogP contribution is -2.19.